The number of benzene rings is 1. The Bertz CT molecular complexity index is 555. The van der Waals surface area contributed by atoms with E-state index in [0.29, 0.717) is 11.0 Å². The van der Waals surface area contributed by atoms with Crippen molar-refractivity contribution >= 4 is 8.07 Å². The third-order valence-corrected chi connectivity index (χ3v) is 9.38. The van der Waals surface area contributed by atoms with Crippen molar-refractivity contribution in [1.82, 2.24) is 0 Å². The van der Waals surface area contributed by atoms with Gasteiger partial charge in [0.1, 0.15) is 13.8 Å². The van der Waals surface area contributed by atoms with Crippen molar-refractivity contribution < 1.29 is 4.74 Å². The molecule has 1 nitrogen and oxygen atoms in total. The monoisotopic (exact) mass is 286 g/mol. The van der Waals surface area contributed by atoms with Gasteiger partial charge in [0.25, 0.3) is 0 Å². The minimum absolute atomic E-state index is 0.329. The van der Waals surface area contributed by atoms with Gasteiger partial charge in [-0.15, -0.1) is 11.5 Å². The van der Waals surface area contributed by atoms with Gasteiger partial charge in [0, 0.05) is 5.92 Å². The van der Waals surface area contributed by atoms with Crippen molar-refractivity contribution in [2.45, 2.75) is 57.7 Å². The Morgan fingerprint density at radius 3 is 2.55 bits per heavy atom. The number of rotatable bonds is 1. The summed E-state index contributed by atoms with van der Waals surface area (Å²) in [5.74, 6) is 4.94. The minimum atomic E-state index is -1.51. The van der Waals surface area contributed by atoms with Gasteiger partial charge >= 0.3 is 0 Å². The molecule has 0 heterocycles. The lowest BCUT2D eigenvalue weighted by Crippen LogP contribution is -2.35. The van der Waals surface area contributed by atoms with Gasteiger partial charge in [-0.25, -0.2) is 0 Å². The van der Waals surface area contributed by atoms with Crippen LogP contribution in [-0.2, 0) is 6.42 Å². The molecule has 0 spiro atoms. The molecule has 1 aliphatic rings. The van der Waals surface area contributed by atoms with Crippen molar-refractivity contribution in [2.24, 2.45) is 0 Å². The third kappa shape index (κ3) is 2.93. The predicted molar refractivity (Wildman–Crippen MR) is 89.0 cm³/mol. The summed E-state index contributed by atoms with van der Waals surface area (Å²) in [6.45, 7) is 11.7. The summed E-state index contributed by atoms with van der Waals surface area (Å²) >= 11 is 0. The molecule has 0 saturated heterocycles. The number of hydrogen-bond donors (Lipinski definition) is 0. The molecule has 0 radical (unpaired) electrons. The summed E-state index contributed by atoms with van der Waals surface area (Å²) in [4.78, 5) is 0. The minimum Gasteiger partial charge on any atom is -0.497 e. The molecule has 1 atom stereocenters. The summed E-state index contributed by atoms with van der Waals surface area (Å²) in [5.41, 5.74) is 6.50. The first-order chi connectivity index (χ1) is 9.24. The molecular weight excluding hydrogens is 260 g/mol. The fraction of sp³-hybridized carbons (Fsp3) is 0.556. The molecule has 1 aliphatic carbocycles. The summed E-state index contributed by atoms with van der Waals surface area (Å²) in [6, 6.07) is 6.43. The van der Waals surface area contributed by atoms with E-state index in [0.717, 1.165) is 18.6 Å². The zero-order valence-electron chi connectivity index (χ0n) is 13.6. The molecule has 0 aromatic heterocycles. The highest BCUT2D eigenvalue weighted by Gasteiger charge is 2.34. The quantitative estimate of drug-likeness (QED) is 0.533. The molecule has 0 N–H and O–H groups in total. The van der Waals surface area contributed by atoms with Crippen molar-refractivity contribution in [3.8, 4) is 17.2 Å². The fourth-order valence-electron chi connectivity index (χ4n) is 2.31. The lowest BCUT2D eigenvalue weighted by atomic mass is 10.0. The predicted octanol–water partition coefficient (Wildman–Crippen LogP) is 4.78. The third-order valence-electron chi connectivity index (χ3n) is 4.86. The van der Waals surface area contributed by atoms with Crippen molar-refractivity contribution in [3.05, 3.63) is 29.3 Å². The largest absolute Gasteiger partial charge is 0.497 e. The number of methoxy groups -OCH3 is 1. The lowest BCUT2D eigenvalue weighted by molar-refractivity contribution is 0.414. The molecule has 0 fully saturated rings. The number of hydrogen-bond acceptors (Lipinski definition) is 1. The van der Waals surface area contributed by atoms with Crippen LogP contribution >= 0.6 is 0 Å². The Morgan fingerprint density at radius 2 is 1.95 bits per heavy atom. The van der Waals surface area contributed by atoms with Crippen molar-refractivity contribution in [2.75, 3.05) is 7.11 Å². The van der Waals surface area contributed by atoms with E-state index in [4.69, 9.17) is 4.74 Å². The SMILES string of the molecule is COc1ccc2c(c1)C(C#C[Si](C)(C)C(C)(C)C)CC2. The Balaban J connectivity index is 2.28. The summed E-state index contributed by atoms with van der Waals surface area (Å²) in [7, 11) is 0.221. The Labute approximate surface area is 124 Å². The molecule has 20 heavy (non-hydrogen) atoms. The van der Waals surface area contributed by atoms with Crippen LogP contribution in [0.5, 0.6) is 5.75 Å². The molecule has 2 rings (SSSR count). The van der Waals surface area contributed by atoms with E-state index in [9.17, 15) is 0 Å². The topological polar surface area (TPSA) is 9.23 Å². The molecule has 0 saturated carbocycles. The van der Waals surface area contributed by atoms with E-state index in [1.54, 1.807) is 7.11 Å². The maximum Gasteiger partial charge on any atom is 0.137 e. The first kappa shape index (κ1) is 15.2. The van der Waals surface area contributed by atoms with Crippen LogP contribution < -0.4 is 4.74 Å². The van der Waals surface area contributed by atoms with E-state index < -0.39 is 8.07 Å². The van der Waals surface area contributed by atoms with Crippen LogP contribution in [0.2, 0.25) is 18.1 Å². The Hall–Kier alpha value is -1.20. The van der Waals surface area contributed by atoms with E-state index in [2.05, 4.69) is 63.5 Å². The van der Waals surface area contributed by atoms with Crippen LogP contribution in [0.25, 0.3) is 0 Å². The maximum absolute atomic E-state index is 5.35. The molecule has 0 amide bonds. The van der Waals surface area contributed by atoms with Crippen molar-refractivity contribution in [1.29, 1.82) is 0 Å². The lowest BCUT2D eigenvalue weighted by Gasteiger charge is -2.31. The molecular formula is C18H26OSi. The van der Waals surface area contributed by atoms with Gasteiger partial charge in [0.05, 0.1) is 7.11 Å². The Morgan fingerprint density at radius 1 is 1.25 bits per heavy atom. The van der Waals surface area contributed by atoms with Crippen LogP contribution in [0.1, 0.15) is 44.2 Å². The van der Waals surface area contributed by atoms with E-state index >= 15 is 0 Å². The fourth-order valence-corrected chi connectivity index (χ4v) is 3.22. The van der Waals surface area contributed by atoms with Gasteiger partial charge in [-0.3, -0.25) is 0 Å². The molecule has 0 aliphatic heterocycles. The highest BCUT2D eigenvalue weighted by atomic mass is 28.3. The second-order valence-electron chi connectivity index (χ2n) is 7.30. The van der Waals surface area contributed by atoms with Crippen LogP contribution in [-0.4, -0.2) is 15.2 Å². The second kappa shape index (κ2) is 5.29. The first-order valence-corrected chi connectivity index (χ1v) is 10.4. The van der Waals surface area contributed by atoms with Crippen LogP contribution in [0.15, 0.2) is 18.2 Å². The van der Waals surface area contributed by atoms with Gasteiger partial charge in [0.2, 0.25) is 0 Å². The summed E-state index contributed by atoms with van der Waals surface area (Å²) < 4.78 is 5.35. The molecule has 2 heteroatoms. The Kier molecular flexibility index (Phi) is 4.02. The number of ether oxygens (including phenoxy) is 1. The number of fused-ring (bicyclic) bond motifs is 1. The maximum atomic E-state index is 5.35. The van der Waals surface area contributed by atoms with Crippen molar-refractivity contribution in [3.63, 3.8) is 0 Å². The number of aryl methyl sites for hydroxylation is 1. The standard InChI is InChI=1S/C18H26OSi/c1-18(2,3)20(5,6)12-11-15-8-7-14-9-10-16(19-4)13-17(14)15/h9-10,13,15H,7-8H2,1-6H3. The van der Waals surface area contributed by atoms with Gasteiger partial charge in [-0.1, -0.05) is 39.9 Å². The van der Waals surface area contributed by atoms with Gasteiger partial charge in [0.15, 0.2) is 0 Å². The van der Waals surface area contributed by atoms with Crippen LogP contribution in [0.4, 0.5) is 0 Å². The molecule has 1 unspecified atom stereocenters. The highest BCUT2D eigenvalue weighted by molar-refractivity contribution is 6.87. The van der Waals surface area contributed by atoms with E-state index in [1.807, 2.05) is 0 Å². The molecule has 108 valence electrons. The zero-order chi connectivity index (χ0) is 15.0. The molecule has 0 bridgehead atoms. The summed E-state index contributed by atoms with van der Waals surface area (Å²) in [5, 5.41) is 0.329. The van der Waals surface area contributed by atoms with Gasteiger partial charge < -0.3 is 4.74 Å². The first-order valence-electron chi connectivity index (χ1n) is 7.44. The normalized spacial score (nSPS) is 18.2. The molecule has 1 aromatic rings. The van der Waals surface area contributed by atoms with E-state index in [1.165, 1.54) is 11.1 Å². The molecule has 1 aromatic carbocycles. The van der Waals surface area contributed by atoms with Crippen LogP contribution in [0, 0.1) is 11.5 Å². The summed E-state index contributed by atoms with van der Waals surface area (Å²) in [6.07, 6.45) is 2.31. The highest BCUT2D eigenvalue weighted by Crippen LogP contribution is 2.37. The van der Waals surface area contributed by atoms with Crippen LogP contribution in [0.3, 0.4) is 0 Å². The van der Waals surface area contributed by atoms with E-state index in [-0.39, 0.29) is 0 Å². The second-order valence-corrected chi connectivity index (χ2v) is 12.3. The average Bonchev–Trinajstić information content (AvgIpc) is 2.77. The van der Waals surface area contributed by atoms with Gasteiger partial charge in [-0.05, 0) is 41.1 Å². The smallest absolute Gasteiger partial charge is 0.137 e. The van der Waals surface area contributed by atoms with Gasteiger partial charge in [-0.2, -0.15) is 0 Å². The average molecular weight is 286 g/mol. The zero-order valence-corrected chi connectivity index (χ0v) is 14.6.